The minimum atomic E-state index is 0.738. The van der Waals surface area contributed by atoms with Crippen molar-refractivity contribution < 1.29 is 4.74 Å². The van der Waals surface area contributed by atoms with Crippen molar-refractivity contribution >= 4 is 0 Å². The van der Waals surface area contributed by atoms with E-state index in [0.717, 1.165) is 37.7 Å². The zero-order chi connectivity index (χ0) is 10.7. The Balaban J connectivity index is 1.90. The predicted octanol–water partition coefficient (Wildman–Crippen LogP) is 1.22. The van der Waals surface area contributed by atoms with Gasteiger partial charge in [-0.3, -0.25) is 4.90 Å². The van der Waals surface area contributed by atoms with Crippen LogP contribution in [0.1, 0.15) is 32.1 Å². The maximum absolute atomic E-state index is 5.85. The first-order chi connectivity index (χ1) is 7.36. The normalized spacial score (nSPS) is 31.4. The van der Waals surface area contributed by atoms with Crippen molar-refractivity contribution in [3.05, 3.63) is 0 Å². The first kappa shape index (κ1) is 11.4. The van der Waals surface area contributed by atoms with Gasteiger partial charge in [-0.05, 0) is 38.1 Å². The number of nitrogens with two attached hydrogens (primary N) is 1. The van der Waals surface area contributed by atoms with Crippen molar-refractivity contribution in [2.24, 2.45) is 11.7 Å². The molecule has 0 bridgehead atoms. The van der Waals surface area contributed by atoms with Gasteiger partial charge in [0.2, 0.25) is 0 Å². The maximum Gasteiger partial charge on any atom is 0.0589 e. The van der Waals surface area contributed by atoms with E-state index in [2.05, 4.69) is 4.90 Å². The summed E-state index contributed by atoms with van der Waals surface area (Å²) in [5.41, 5.74) is 5.85. The molecule has 2 aliphatic carbocycles. The van der Waals surface area contributed by atoms with Gasteiger partial charge in [0.25, 0.3) is 0 Å². The highest BCUT2D eigenvalue weighted by Gasteiger charge is 2.38. The van der Waals surface area contributed by atoms with Gasteiger partial charge in [-0.15, -0.1) is 0 Å². The highest BCUT2D eigenvalue weighted by atomic mass is 16.5. The summed E-state index contributed by atoms with van der Waals surface area (Å²) in [6.45, 7) is 2.83. The van der Waals surface area contributed by atoms with Crippen LogP contribution in [0.2, 0.25) is 0 Å². The number of ether oxygens (including phenoxy) is 1. The summed E-state index contributed by atoms with van der Waals surface area (Å²) in [5, 5.41) is 0. The molecule has 2 unspecified atom stereocenters. The number of methoxy groups -OCH3 is 1. The summed E-state index contributed by atoms with van der Waals surface area (Å²) < 4.78 is 5.21. The SMILES string of the molecule is COCCN(C1CC1)C1CCCC1CN. The van der Waals surface area contributed by atoms with E-state index in [-0.39, 0.29) is 0 Å². The van der Waals surface area contributed by atoms with Gasteiger partial charge in [-0.25, -0.2) is 0 Å². The van der Waals surface area contributed by atoms with Crippen molar-refractivity contribution in [3.63, 3.8) is 0 Å². The molecule has 3 heteroatoms. The Hall–Kier alpha value is -0.120. The molecule has 0 amide bonds. The lowest BCUT2D eigenvalue weighted by Crippen LogP contribution is -2.43. The molecule has 0 spiro atoms. The van der Waals surface area contributed by atoms with E-state index in [0.29, 0.717) is 0 Å². The molecule has 2 N–H and O–H groups in total. The van der Waals surface area contributed by atoms with Gasteiger partial charge in [-0.2, -0.15) is 0 Å². The van der Waals surface area contributed by atoms with Gasteiger partial charge in [-0.1, -0.05) is 6.42 Å². The van der Waals surface area contributed by atoms with Gasteiger partial charge in [0.15, 0.2) is 0 Å². The standard InChI is InChI=1S/C12H24N2O/c1-15-8-7-14(11-5-6-11)12-4-2-3-10(12)9-13/h10-12H,2-9,13H2,1H3. The molecule has 0 heterocycles. The lowest BCUT2D eigenvalue weighted by molar-refractivity contribution is 0.0981. The van der Waals surface area contributed by atoms with Gasteiger partial charge in [0.05, 0.1) is 6.61 Å². The first-order valence-corrected chi connectivity index (χ1v) is 6.31. The third-order valence-electron chi connectivity index (χ3n) is 3.92. The molecule has 0 aromatic carbocycles. The highest BCUT2D eigenvalue weighted by Crippen LogP contribution is 2.36. The van der Waals surface area contributed by atoms with Crippen LogP contribution in [0.15, 0.2) is 0 Å². The van der Waals surface area contributed by atoms with Gasteiger partial charge in [0.1, 0.15) is 0 Å². The van der Waals surface area contributed by atoms with Crippen LogP contribution in [0.4, 0.5) is 0 Å². The third-order valence-corrected chi connectivity index (χ3v) is 3.92. The molecule has 2 saturated carbocycles. The van der Waals surface area contributed by atoms with Crippen molar-refractivity contribution in [1.29, 1.82) is 0 Å². The van der Waals surface area contributed by atoms with E-state index in [9.17, 15) is 0 Å². The molecule has 2 rings (SSSR count). The number of rotatable bonds is 6. The zero-order valence-electron chi connectivity index (χ0n) is 9.82. The second-order valence-electron chi connectivity index (χ2n) is 4.96. The Labute approximate surface area is 93.0 Å². The van der Waals surface area contributed by atoms with Gasteiger partial charge < -0.3 is 10.5 Å². The van der Waals surface area contributed by atoms with Crippen LogP contribution in [0.25, 0.3) is 0 Å². The van der Waals surface area contributed by atoms with Crippen LogP contribution in [-0.2, 0) is 4.74 Å². The summed E-state index contributed by atoms with van der Waals surface area (Å²) >= 11 is 0. The maximum atomic E-state index is 5.85. The molecule has 2 fully saturated rings. The van der Waals surface area contributed by atoms with E-state index in [1.807, 2.05) is 0 Å². The topological polar surface area (TPSA) is 38.5 Å². The molecule has 15 heavy (non-hydrogen) atoms. The molecular formula is C12H24N2O. The molecular weight excluding hydrogens is 188 g/mol. The Morgan fingerprint density at radius 1 is 1.27 bits per heavy atom. The van der Waals surface area contributed by atoms with Crippen LogP contribution < -0.4 is 5.73 Å². The number of hydrogen-bond donors (Lipinski definition) is 1. The fourth-order valence-electron chi connectivity index (χ4n) is 2.95. The minimum Gasteiger partial charge on any atom is -0.383 e. The second kappa shape index (κ2) is 5.28. The molecule has 88 valence electrons. The van der Waals surface area contributed by atoms with E-state index in [4.69, 9.17) is 10.5 Å². The van der Waals surface area contributed by atoms with E-state index in [1.54, 1.807) is 7.11 Å². The largest absolute Gasteiger partial charge is 0.383 e. The van der Waals surface area contributed by atoms with Crippen molar-refractivity contribution in [2.75, 3.05) is 26.8 Å². The zero-order valence-corrected chi connectivity index (χ0v) is 9.82. The lowest BCUT2D eigenvalue weighted by Gasteiger charge is -2.32. The number of hydrogen-bond acceptors (Lipinski definition) is 3. The van der Waals surface area contributed by atoms with Crippen LogP contribution in [0.5, 0.6) is 0 Å². The molecule has 0 aromatic heterocycles. The van der Waals surface area contributed by atoms with Crippen LogP contribution in [0.3, 0.4) is 0 Å². The summed E-state index contributed by atoms with van der Waals surface area (Å²) in [5.74, 6) is 0.738. The average Bonchev–Trinajstić information content (AvgIpc) is 2.97. The van der Waals surface area contributed by atoms with E-state index in [1.165, 1.54) is 32.1 Å². The molecule has 0 aromatic rings. The molecule has 0 aliphatic heterocycles. The predicted molar refractivity (Wildman–Crippen MR) is 61.8 cm³/mol. The highest BCUT2D eigenvalue weighted by molar-refractivity contribution is 4.94. The Bertz CT molecular complexity index is 194. The van der Waals surface area contributed by atoms with Gasteiger partial charge >= 0.3 is 0 Å². The molecule has 3 nitrogen and oxygen atoms in total. The second-order valence-corrected chi connectivity index (χ2v) is 4.96. The fourth-order valence-corrected chi connectivity index (χ4v) is 2.95. The molecule has 2 atom stereocenters. The average molecular weight is 212 g/mol. The quantitative estimate of drug-likeness (QED) is 0.719. The van der Waals surface area contributed by atoms with Crippen LogP contribution in [-0.4, -0.2) is 43.8 Å². The lowest BCUT2D eigenvalue weighted by atomic mass is 10.0. The summed E-state index contributed by atoms with van der Waals surface area (Å²) in [6.07, 6.45) is 6.82. The van der Waals surface area contributed by atoms with Crippen molar-refractivity contribution in [2.45, 2.75) is 44.2 Å². The molecule has 0 radical (unpaired) electrons. The Morgan fingerprint density at radius 3 is 2.67 bits per heavy atom. The van der Waals surface area contributed by atoms with Crippen LogP contribution in [0, 0.1) is 5.92 Å². The van der Waals surface area contributed by atoms with E-state index >= 15 is 0 Å². The molecule has 2 aliphatic rings. The summed E-state index contributed by atoms with van der Waals surface area (Å²) in [7, 11) is 1.79. The van der Waals surface area contributed by atoms with Gasteiger partial charge in [0, 0.05) is 25.7 Å². The first-order valence-electron chi connectivity index (χ1n) is 6.31. The number of nitrogens with zero attached hydrogens (tertiary/aromatic N) is 1. The Kier molecular flexibility index (Phi) is 4.00. The monoisotopic (exact) mass is 212 g/mol. The summed E-state index contributed by atoms with van der Waals surface area (Å²) in [6, 6.07) is 1.59. The van der Waals surface area contributed by atoms with E-state index < -0.39 is 0 Å². The van der Waals surface area contributed by atoms with Crippen LogP contribution >= 0.6 is 0 Å². The van der Waals surface area contributed by atoms with Crippen molar-refractivity contribution in [1.82, 2.24) is 4.90 Å². The molecule has 0 saturated heterocycles. The summed E-state index contributed by atoms with van der Waals surface area (Å²) in [4.78, 5) is 2.67. The smallest absolute Gasteiger partial charge is 0.0589 e. The Morgan fingerprint density at radius 2 is 2.07 bits per heavy atom. The minimum absolute atomic E-state index is 0.738. The third kappa shape index (κ3) is 2.71. The van der Waals surface area contributed by atoms with Crippen molar-refractivity contribution in [3.8, 4) is 0 Å². The fraction of sp³-hybridized carbons (Fsp3) is 1.00.